The summed E-state index contributed by atoms with van der Waals surface area (Å²) in [5, 5.41) is 3.47. The number of nitrogens with two attached hydrogens (primary N) is 1. The SMILES string of the molecule is CCC1CCNCCN1c1ccc2c(c1)C(=O)c1cc(N)ccc1-2. The quantitative estimate of drug-likeness (QED) is 0.712. The molecule has 1 saturated heterocycles. The summed E-state index contributed by atoms with van der Waals surface area (Å²) in [5.74, 6) is 0.0927. The number of benzene rings is 2. The van der Waals surface area contributed by atoms with Crippen molar-refractivity contribution in [2.75, 3.05) is 30.3 Å². The summed E-state index contributed by atoms with van der Waals surface area (Å²) in [6.07, 6.45) is 2.25. The smallest absolute Gasteiger partial charge is 0.194 e. The van der Waals surface area contributed by atoms with Gasteiger partial charge >= 0.3 is 0 Å². The number of fused-ring (bicyclic) bond motifs is 3. The third-order valence-corrected chi connectivity index (χ3v) is 5.25. The average Bonchev–Trinajstić information content (AvgIpc) is 2.77. The van der Waals surface area contributed by atoms with Crippen molar-refractivity contribution in [3.63, 3.8) is 0 Å². The van der Waals surface area contributed by atoms with Crippen LogP contribution in [-0.2, 0) is 0 Å². The van der Waals surface area contributed by atoms with E-state index in [9.17, 15) is 4.79 Å². The molecule has 4 nitrogen and oxygen atoms in total. The van der Waals surface area contributed by atoms with Crippen LogP contribution in [0.2, 0.25) is 0 Å². The van der Waals surface area contributed by atoms with E-state index < -0.39 is 0 Å². The van der Waals surface area contributed by atoms with Crippen molar-refractivity contribution < 1.29 is 4.79 Å². The minimum absolute atomic E-state index is 0.0927. The molecule has 0 aromatic heterocycles. The van der Waals surface area contributed by atoms with E-state index in [2.05, 4.69) is 35.3 Å². The molecule has 1 heterocycles. The van der Waals surface area contributed by atoms with Crippen LogP contribution in [0.25, 0.3) is 11.1 Å². The topological polar surface area (TPSA) is 58.4 Å². The molecule has 2 aromatic rings. The number of carbonyl (C=O) groups excluding carboxylic acids is 1. The summed E-state index contributed by atoms with van der Waals surface area (Å²) in [7, 11) is 0. The lowest BCUT2D eigenvalue weighted by Crippen LogP contribution is -2.36. The normalized spacial score (nSPS) is 19.8. The molecule has 0 radical (unpaired) electrons. The molecule has 1 aliphatic carbocycles. The maximum atomic E-state index is 12.8. The predicted octanol–water partition coefficient (Wildman–Crippen LogP) is 3.06. The van der Waals surface area contributed by atoms with Gasteiger partial charge in [-0.05, 0) is 54.8 Å². The van der Waals surface area contributed by atoms with Crippen LogP contribution in [0.1, 0.15) is 35.7 Å². The fourth-order valence-corrected chi connectivity index (χ4v) is 3.96. The van der Waals surface area contributed by atoms with Gasteiger partial charge in [-0.2, -0.15) is 0 Å². The number of nitrogen functional groups attached to an aromatic ring is 1. The van der Waals surface area contributed by atoms with Gasteiger partial charge in [0.2, 0.25) is 0 Å². The van der Waals surface area contributed by atoms with Crippen LogP contribution in [0.3, 0.4) is 0 Å². The molecule has 4 rings (SSSR count). The van der Waals surface area contributed by atoms with Crippen molar-refractivity contribution >= 4 is 17.2 Å². The highest BCUT2D eigenvalue weighted by molar-refractivity contribution is 6.22. The van der Waals surface area contributed by atoms with Gasteiger partial charge in [-0.3, -0.25) is 4.79 Å². The molecule has 1 atom stereocenters. The maximum Gasteiger partial charge on any atom is 0.194 e. The Bertz CT molecular complexity index is 799. The number of ketones is 1. The minimum Gasteiger partial charge on any atom is -0.399 e. The van der Waals surface area contributed by atoms with Crippen LogP contribution in [0, 0.1) is 0 Å². The van der Waals surface area contributed by atoms with Gasteiger partial charge in [-0.1, -0.05) is 19.1 Å². The van der Waals surface area contributed by atoms with Crippen molar-refractivity contribution in [1.82, 2.24) is 5.32 Å². The number of hydrogen-bond acceptors (Lipinski definition) is 4. The van der Waals surface area contributed by atoms with Gasteiger partial charge in [-0.15, -0.1) is 0 Å². The van der Waals surface area contributed by atoms with E-state index in [1.807, 2.05) is 12.1 Å². The molecular formula is C20H23N3O. The summed E-state index contributed by atoms with van der Waals surface area (Å²) < 4.78 is 0. The Hall–Kier alpha value is -2.33. The van der Waals surface area contributed by atoms with Crippen LogP contribution in [0.15, 0.2) is 36.4 Å². The zero-order chi connectivity index (χ0) is 16.7. The van der Waals surface area contributed by atoms with Gasteiger partial charge in [0.25, 0.3) is 0 Å². The number of nitrogens with one attached hydrogen (secondary N) is 1. The van der Waals surface area contributed by atoms with Crippen molar-refractivity contribution in [2.45, 2.75) is 25.8 Å². The number of nitrogens with zero attached hydrogens (tertiary/aromatic N) is 1. The van der Waals surface area contributed by atoms with E-state index >= 15 is 0 Å². The van der Waals surface area contributed by atoms with Gasteiger partial charge in [0.15, 0.2) is 5.78 Å². The van der Waals surface area contributed by atoms with Crippen LogP contribution in [0.5, 0.6) is 0 Å². The fraction of sp³-hybridized carbons (Fsp3) is 0.350. The standard InChI is InChI=1S/C20H23N3O/c1-2-14-7-8-22-9-10-23(14)15-4-6-17-16-5-3-13(21)11-18(16)20(24)19(17)12-15/h3-6,11-12,14,22H,2,7-10,21H2,1H3. The second-order valence-electron chi connectivity index (χ2n) is 6.66. The van der Waals surface area contributed by atoms with E-state index in [0.29, 0.717) is 11.7 Å². The summed E-state index contributed by atoms with van der Waals surface area (Å²) in [4.78, 5) is 15.3. The second-order valence-corrected chi connectivity index (χ2v) is 6.66. The summed E-state index contributed by atoms with van der Waals surface area (Å²) >= 11 is 0. The Morgan fingerprint density at radius 2 is 1.83 bits per heavy atom. The molecule has 24 heavy (non-hydrogen) atoms. The fourth-order valence-electron chi connectivity index (χ4n) is 3.96. The molecule has 0 bridgehead atoms. The molecule has 0 spiro atoms. The van der Waals surface area contributed by atoms with E-state index in [1.54, 1.807) is 6.07 Å². The molecule has 4 heteroatoms. The van der Waals surface area contributed by atoms with E-state index in [-0.39, 0.29) is 5.78 Å². The van der Waals surface area contributed by atoms with Gasteiger partial charge in [0, 0.05) is 41.6 Å². The van der Waals surface area contributed by atoms with Crippen LogP contribution >= 0.6 is 0 Å². The molecule has 2 aromatic carbocycles. The molecule has 2 aliphatic rings. The molecule has 1 unspecified atom stereocenters. The van der Waals surface area contributed by atoms with Crippen molar-refractivity contribution in [3.05, 3.63) is 47.5 Å². The van der Waals surface area contributed by atoms with E-state index in [1.165, 1.54) is 0 Å². The number of hydrogen-bond donors (Lipinski definition) is 2. The van der Waals surface area contributed by atoms with Crippen molar-refractivity contribution in [1.29, 1.82) is 0 Å². The summed E-state index contributed by atoms with van der Waals surface area (Å²) in [5.41, 5.74) is 11.2. The highest BCUT2D eigenvalue weighted by atomic mass is 16.1. The Morgan fingerprint density at radius 1 is 1.08 bits per heavy atom. The monoisotopic (exact) mass is 321 g/mol. The van der Waals surface area contributed by atoms with E-state index in [4.69, 9.17) is 5.73 Å². The van der Waals surface area contributed by atoms with Gasteiger partial charge in [0.05, 0.1) is 0 Å². The number of anilines is 2. The Morgan fingerprint density at radius 3 is 2.62 bits per heavy atom. The molecule has 0 saturated carbocycles. The summed E-state index contributed by atoms with van der Waals surface area (Å²) in [6, 6.07) is 12.5. The minimum atomic E-state index is 0.0927. The second kappa shape index (κ2) is 5.95. The lowest BCUT2D eigenvalue weighted by molar-refractivity contribution is 0.104. The number of carbonyl (C=O) groups is 1. The van der Waals surface area contributed by atoms with Crippen LogP contribution in [-0.4, -0.2) is 31.5 Å². The van der Waals surface area contributed by atoms with Crippen molar-refractivity contribution in [2.24, 2.45) is 0 Å². The lowest BCUT2D eigenvalue weighted by Gasteiger charge is -2.31. The maximum absolute atomic E-state index is 12.8. The molecule has 1 fully saturated rings. The first kappa shape index (κ1) is 15.2. The zero-order valence-corrected chi connectivity index (χ0v) is 14.0. The predicted molar refractivity (Wildman–Crippen MR) is 98.6 cm³/mol. The highest BCUT2D eigenvalue weighted by Gasteiger charge is 2.28. The Balaban J connectivity index is 1.75. The first-order valence-corrected chi connectivity index (χ1v) is 8.75. The van der Waals surface area contributed by atoms with Crippen molar-refractivity contribution in [3.8, 4) is 11.1 Å². The third-order valence-electron chi connectivity index (χ3n) is 5.25. The molecule has 124 valence electrons. The van der Waals surface area contributed by atoms with Gasteiger partial charge in [-0.25, -0.2) is 0 Å². The molecule has 0 amide bonds. The number of rotatable bonds is 2. The third kappa shape index (κ3) is 2.38. The summed E-state index contributed by atoms with van der Waals surface area (Å²) in [6.45, 7) is 5.26. The lowest BCUT2D eigenvalue weighted by atomic mass is 10.0. The first-order chi connectivity index (χ1) is 11.7. The zero-order valence-electron chi connectivity index (χ0n) is 14.0. The van der Waals surface area contributed by atoms with Crippen LogP contribution in [0.4, 0.5) is 11.4 Å². The Labute approximate surface area is 142 Å². The van der Waals surface area contributed by atoms with E-state index in [0.717, 1.165) is 60.4 Å². The largest absolute Gasteiger partial charge is 0.399 e. The van der Waals surface area contributed by atoms with Gasteiger partial charge in [0.1, 0.15) is 0 Å². The van der Waals surface area contributed by atoms with Gasteiger partial charge < -0.3 is 16.0 Å². The Kier molecular flexibility index (Phi) is 3.77. The first-order valence-electron chi connectivity index (χ1n) is 8.75. The molecular weight excluding hydrogens is 298 g/mol. The molecule has 1 aliphatic heterocycles. The average molecular weight is 321 g/mol. The van der Waals surface area contributed by atoms with Crippen LogP contribution < -0.4 is 16.0 Å². The highest BCUT2D eigenvalue weighted by Crippen LogP contribution is 2.39. The molecule has 3 N–H and O–H groups in total.